The van der Waals surface area contributed by atoms with Gasteiger partial charge in [0.2, 0.25) is 5.91 Å². The zero-order valence-electron chi connectivity index (χ0n) is 7.25. The highest BCUT2D eigenvalue weighted by molar-refractivity contribution is 9.10. The topological polar surface area (TPSA) is 71.8 Å². The number of halogens is 1. The maximum Gasteiger partial charge on any atom is 0.225 e. The molecule has 0 saturated carbocycles. The highest BCUT2D eigenvalue weighted by Gasteiger charge is 2.05. The van der Waals surface area contributed by atoms with Crippen molar-refractivity contribution in [3.63, 3.8) is 0 Å². The van der Waals surface area contributed by atoms with E-state index in [0.29, 0.717) is 5.82 Å². The maximum absolute atomic E-state index is 10.7. The van der Waals surface area contributed by atoms with Crippen molar-refractivity contribution in [3.05, 3.63) is 28.5 Å². The third-order valence-corrected chi connectivity index (χ3v) is 2.33. The SMILES string of the molecule is NC(=O)Cc1nc2ccc(Br)cc2[nH]1. The van der Waals surface area contributed by atoms with Crippen molar-refractivity contribution < 1.29 is 4.79 Å². The molecule has 14 heavy (non-hydrogen) atoms. The maximum atomic E-state index is 10.7. The number of H-pyrrole nitrogens is 1. The van der Waals surface area contributed by atoms with E-state index in [2.05, 4.69) is 25.9 Å². The summed E-state index contributed by atoms with van der Waals surface area (Å²) in [6.45, 7) is 0. The first-order chi connectivity index (χ1) is 6.65. The summed E-state index contributed by atoms with van der Waals surface area (Å²) in [5, 5.41) is 0. The number of amides is 1. The summed E-state index contributed by atoms with van der Waals surface area (Å²) in [5.41, 5.74) is 6.80. The Bertz CT molecular complexity index is 492. The number of carbonyl (C=O) groups excluding carboxylic acids is 1. The average Bonchev–Trinajstić information content (AvgIpc) is 2.44. The molecular formula is C9H8BrN3O. The van der Waals surface area contributed by atoms with Crippen molar-refractivity contribution in [1.82, 2.24) is 9.97 Å². The van der Waals surface area contributed by atoms with Crippen LogP contribution in [0.4, 0.5) is 0 Å². The van der Waals surface area contributed by atoms with Gasteiger partial charge in [0.15, 0.2) is 0 Å². The minimum absolute atomic E-state index is 0.145. The molecule has 0 fully saturated rings. The van der Waals surface area contributed by atoms with Crippen LogP contribution in [0.25, 0.3) is 11.0 Å². The molecule has 0 bridgehead atoms. The summed E-state index contributed by atoms with van der Waals surface area (Å²) in [4.78, 5) is 17.9. The van der Waals surface area contributed by atoms with Crippen LogP contribution in [-0.4, -0.2) is 15.9 Å². The molecule has 0 unspecified atom stereocenters. The number of nitrogens with one attached hydrogen (secondary N) is 1. The van der Waals surface area contributed by atoms with Crippen molar-refractivity contribution >= 4 is 32.9 Å². The molecule has 72 valence electrons. The molecule has 2 rings (SSSR count). The summed E-state index contributed by atoms with van der Waals surface area (Å²) >= 11 is 3.35. The van der Waals surface area contributed by atoms with E-state index >= 15 is 0 Å². The fourth-order valence-electron chi connectivity index (χ4n) is 1.28. The minimum Gasteiger partial charge on any atom is -0.369 e. The van der Waals surface area contributed by atoms with Gasteiger partial charge in [-0.3, -0.25) is 4.79 Å². The van der Waals surface area contributed by atoms with Gasteiger partial charge in [-0.25, -0.2) is 4.98 Å². The number of aromatic nitrogens is 2. The molecule has 4 nitrogen and oxygen atoms in total. The van der Waals surface area contributed by atoms with Crippen LogP contribution in [0.2, 0.25) is 0 Å². The largest absolute Gasteiger partial charge is 0.369 e. The zero-order chi connectivity index (χ0) is 10.1. The number of imidazole rings is 1. The van der Waals surface area contributed by atoms with Gasteiger partial charge in [-0.05, 0) is 18.2 Å². The molecular weight excluding hydrogens is 246 g/mol. The van der Waals surface area contributed by atoms with Crippen LogP contribution in [0.5, 0.6) is 0 Å². The number of nitrogens with zero attached hydrogens (tertiary/aromatic N) is 1. The number of fused-ring (bicyclic) bond motifs is 1. The molecule has 0 aliphatic rings. The highest BCUT2D eigenvalue weighted by atomic mass is 79.9. The molecule has 0 atom stereocenters. The van der Waals surface area contributed by atoms with Crippen LogP contribution < -0.4 is 5.73 Å². The van der Waals surface area contributed by atoms with E-state index in [1.54, 1.807) is 0 Å². The summed E-state index contributed by atoms with van der Waals surface area (Å²) < 4.78 is 0.972. The average molecular weight is 254 g/mol. The van der Waals surface area contributed by atoms with Crippen LogP contribution in [0.15, 0.2) is 22.7 Å². The Balaban J connectivity index is 2.46. The molecule has 0 spiro atoms. The Hall–Kier alpha value is -1.36. The molecule has 0 aliphatic carbocycles. The summed E-state index contributed by atoms with van der Waals surface area (Å²) in [6.07, 6.45) is 0.145. The lowest BCUT2D eigenvalue weighted by Crippen LogP contribution is -2.14. The molecule has 1 aromatic heterocycles. The highest BCUT2D eigenvalue weighted by Crippen LogP contribution is 2.17. The van der Waals surface area contributed by atoms with Gasteiger partial charge in [0.05, 0.1) is 17.5 Å². The predicted molar refractivity (Wildman–Crippen MR) is 56.7 cm³/mol. The van der Waals surface area contributed by atoms with E-state index in [0.717, 1.165) is 15.5 Å². The zero-order valence-corrected chi connectivity index (χ0v) is 8.84. The van der Waals surface area contributed by atoms with E-state index < -0.39 is 0 Å². The number of carbonyl (C=O) groups is 1. The van der Waals surface area contributed by atoms with E-state index in [1.165, 1.54) is 0 Å². The number of benzene rings is 1. The minimum atomic E-state index is -0.386. The normalized spacial score (nSPS) is 10.6. The second-order valence-corrected chi connectivity index (χ2v) is 3.90. The Morgan fingerprint density at radius 1 is 1.57 bits per heavy atom. The molecule has 5 heteroatoms. The number of hydrogen-bond acceptors (Lipinski definition) is 2. The van der Waals surface area contributed by atoms with Gasteiger partial charge in [0.1, 0.15) is 5.82 Å². The van der Waals surface area contributed by atoms with Crippen LogP contribution in [0.1, 0.15) is 5.82 Å². The fraction of sp³-hybridized carbons (Fsp3) is 0.111. The number of nitrogens with two attached hydrogens (primary N) is 1. The van der Waals surface area contributed by atoms with E-state index in [4.69, 9.17) is 5.73 Å². The van der Waals surface area contributed by atoms with Gasteiger partial charge < -0.3 is 10.7 Å². The summed E-state index contributed by atoms with van der Waals surface area (Å²) in [7, 11) is 0. The van der Waals surface area contributed by atoms with E-state index in [1.807, 2.05) is 18.2 Å². The first-order valence-corrected chi connectivity index (χ1v) is 4.87. The third-order valence-electron chi connectivity index (χ3n) is 1.83. The Morgan fingerprint density at radius 2 is 2.36 bits per heavy atom. The molecule has 0 saturated heterocycles. The first kappa shape index (κ1) is 9.21. The summed E-state index contributed by atoms with van der Waals surface area (Å²) in [5.74, 6) is 0.216. The van der Waals surface area contributed by atoms with Crippen LogP contribution in [0.3, 0.4) is 0 Å². The lowest BCUT2D eigenvalue weighted by molar-refractivity contribution is -0.117. The van der Waals surface area contributed by atoms with Gasteiger partial charge in [-0.2, -0.15) is 0 Å². The number of rotatable bonds is 2. The van der Waals surface area contributed by atoms with Gasteiger partial charge in [0, 0.05) is 4.47 Å². The Morgan fingerprint density at radius 3 is 3.07 bits per heavy atom. The quantitative estimate of drug-likeness (QED) is 0.849. The smallest absolute Gasteiger partial charge is 0.225 e. The predicted octanol–water partition coefficient (Wildman–Crippen LogP) is 1.35. The van der Waals surface area contributed by atoms with Crippen molar-refractivity contribution in [3.8, 4) is 0 Å². The van der Waals surface area contributed by atoms with Crippen molar-refractivity contribution in [1.29, 1.82) is 0 Å². The van der Waals surface area contributed by atoms with Gasteiger partial charge in [-0.1, -0.05) is 15.9 Å². The monoisotopic (exact) mass is 253 g/mol. The molecule has 1 aromatic carbocycles. The van der Waals surface area contributed by atoms with Gasteiger partial charge in [-0.15, -0.1) is 0 Å². The van der Waals surface area contributed by atoms with E-state index in [9.17, 15) is 4.79 Å². The molecule has 2 aromatic rings. The van der Waals surface area contributed by atoms with Crippen molar-refractivity contribution in [2.45, 2.75) is 6.42 Å². The van der Waals surface area contributed by atoms with Gasteiger partial charge in [0.25, 0.3) is 0 Å². The molecule has 0 radical (unpaired) electrons. The molecule has 1 amide bonds. The Kier molecular flexibility index (Phi) is 2.25. The molecule has 1 heterocycles. The lowest BCUT2D eigenvalue weighted by atomic mass is 10.3. The Labute approximate surface area is 88.6 Å². The number of hydrogen-bond donors (Lipinski definition) is 2. The summed E-state index contributed by atoms with van der Waals surface area (Å²) in [6, 6.07) is 5.68. The van der Waals surface area contributed by atoms with E-state index in [-0.39, 0.29) is 12.3 Å². The second-order valence-electron chi connectivity index (χ2n) is 2.99. The van der Waals surface area contributed by atoms with Crippen LogP contribution >= 0.6 is 15.9 Å². The standard InChI is InChI=1S/C9H8BrN3O/c10-5-1-2-6-7(3-5)13-9(12-6)4-8(11)14/h1-3H,4H2,(H2,11,14)(H,12,13). The van der Waals surface area contributed by atoms with Crippen molar-refractivity contribution in [2.24, 2.45) is 5.73 Å². The first-order valence-electron chi connectivity index (χ1n) is 4.07. The van der Waals surface area contributed by atoms with Crippen molar-refractivity contribution in [2.75, 3.05) is 0 Å². The molecule has 3 N–H and O–H groups in total. The van der Waals surface area contributed by atoms with Crippen LogP contribution in [0, 0.1) is 0 Å². The fourth-order valence-corrected chi connectivity index (χ4v) is 1.64. The lowest BCUT2D eigenvalue weighted by Gasteiger charge is -1.88. The number of aromatic amines is 1. The third kappa shape index (κ3) is 1.77. The number of primary amides is 1. The second kappa shape index (κ2) is 3.42. The van der Waals surface area contributed by atoms with Gasteiger partial charge >= 0.3 is 0 Å². The molecule has 0 aliphatic heterocycles. The van der Waals surface area contributed by atoms with Crippen LogP contribution in [-0.2, 0) is 11.2 Å².